The fourth-order valence-electron chi connectivity index (χ4n) is 5.38. The molecule has 0 atom stereocenters. The second-order valence-corrected chi connectivity index (χ2v) is 13.1. The Morgan fingerprint density at radius 3 is 1.53 bits per heavy atom. The predicted octanol–water partition coefficient (Wildman–Crippen LogP) is 9.05. The van der Waals surface area contributed by atoms with Gasteiger partial charge in [0.05, 0.1) is 0 Å². The van der Waals surface area contributed by atoms with Crippen LogP contribution in [0.25, 0.3) is 0 Å². The van der Waals surface area contributed by atoms with Gasteiger partial charge in [0, 0.05) is 16.4 Å². The molecule has 0 radical (unpaired) electrons. The Morgan fingerprint density at radius 2 is 1.08 bits per heavy atom. The molecule has 3 nitrogen and oxygen atoms in total. The van der Waals surface area contributed by atoms with E-state index in [1.807, 2.05) is 76.2 Å². The van der Waals surface area contributed by atoms with Crippen molar-refractivity contribution >= 4 is 23.5 Å². The van der Waals surface area contributed by atoms with E-state index in [0.717, 1.165) is 72.8 Å². The summed E-state index contributed by atoms with van der Waals surface area (Å²) >= 11 is 0. The van der Waals surface area contributed by atoms with Crippen LogP contribution in [-0.2, 0) is 17.4 Å². The average Bonchev–Trinajstić information content (AvgIpc) is 2.88. The molecule has 0 aliphatic rings. The van der Waals surface area contributed by atoms with E-state index in [1.165, 1.54) is 5.56 Å². The number of carbonyl (C=O) groups is 2. The highest BCUT2D eigenvalue weighted by atomic mass is 31.2. The van der Waals surface area contributed by atoms with Crippen molar-refractivity contribution in [2.45, 2.75) is 92.9 Å². The summed E-state index contributed by atoms with van der Waals surface area (Å²) in [5.74, 6) is 0. The lowest BCUT2D eigenvalue weighted by atomic mass is 10.0. The lowest BCUT2D eigenvalue weighted by Gasteiger charge is -2.23. The topological polar surface area (TPSA) is 51.2 Å². The van der Waals surface area contributed by atoms with Crippen molar-refractivity contribution in [1.82, 2.24) is 0 Å². The average molecular weight is 531 g/mol. The van der Waals surface area contributed by atoms with E-state index in [9.17, 15) is 9.59 Å². The van der Waals surface area contributed by atoms with Crippen molar-refractivity contribution in [3.63, 3.8) is 0 Å². The molecule has 38 heavy (non-hydrogen) atoms. The maximum Gasteiger partial charge on any atom is 0.248 e. The molecule has 3 aromatic rings. The Balaban J connectivity index is 2.29. The second kappa shape index (κ2) is 13.3. The molecule has 0 amide bonds. The number of benzene rings is 3. The molecule has 0 bridgehead atoms. The lowest BCUT2D eigenvalue weighted by Crippen LogP contribution is -2.25. The van der Waals surface area contributed by atoms with Gasteiger partial charge in [-0.15, -0.1) is 0 Å². The number of hydrogen-bond acceptors (Lipinski definition) is 3. The number of aryl methyl sites for hydroxylation is 6. The van der Waals surface area contributed by atoms with Crippen molar-refractivity contribution in [2.75, 3.05) is 0 Å². The third-order valence-electron chi connectivity index (χ3n) is 7.56. The molecule has 0 heterocycles. The molecule has 0 fully saturated rings. The SMILES string of the molecule is CCCCCc1ccc(P(=O)(C(=O)c2c(C)cccc2C)C(=O)c2c(C)cccc2C)c(CCCCC)c1. The summed E-state index contributed by atoms with van der Waals surface area (Å²) in [6.07, 6.45) is 8.06. The minimum Gasteiger partial charge on any atom is -0.302 e. The Hall–Kier alpha value is -2.77. The van der Waals surface area contributed by atoms with Crippen molar-refractivity contribution in [2.24, 2.45) is 0 Å². The van der Waals surface area contributed by atoms with E-state index in [0.29, 0.717) is 22.9 Å². The van der Waals surface area contributed by atoms with E-state index in [-0.39, 0.29) is 0 Å². The number of rotatable bonds is 13. The van der Waals surface area contributed by atoms with Gasteiger partial charge >= 0.3 is 0 Å². The van der Waals surface area contributed by atoms with Crippen LogP contribution in [0.1, 0.15) is 106 Å². The summed E-state index contributed by atoms with van der Waals surface area (Å²) in [6.45, 7) is 11.8. The maximum absolute atomic E-state index is 15.4. The van der Waals surface area contributed by atoms with E-state index >= 15 is 4.57 Å². The molecule has 0 saturated heterocycles. The van der Waals surface area contributed by atoms with Gasteiger partial charge in [0.2, 0.25) is 18.2 Å². The molecule has 0 aliphatic carbocycles. The van der Waals surface area contributed by atoms with Gasteiger partial charge in [-0.1, -0.05) is 94.1 Å². The van der Waals surface area contributed by atoms with Crippen molar-refractivity contribution < 1.29 is 14.2 Å². The van der Waals surface area contributed by atoms with Crippen LogP contribution < -0.4 is 5.30 Å². The highest BCUT2D eigenvalue weighted by Crippen LogP contribution is 2.53. The molecule has 0 unspecified atom stereocenters. The van der Waals surface area contributed by atoms with E-state index in [4.69, 9.17) is 0 Å². The van der Waals surface area contributed by atoms with Crippen molar-refractivity contribution in [1.29, 1.82) is 0 Å². The Labute approximate surface area is 229 Å². The van der Waals surface area contributed by atoms with Crippen LogP contribution in [0.4, 0.5) is 0 Å². The zero-order valence-corrected chi connectivity index (χ0v) is 24.9. The Morgan fingerprint density at radius 1 is 0.632 bits per heavy atom. The van der Waals surface area contributed by atoms with Crippen molar-refractivity contribution in [3.8, 4) is 0 Å². The molecule has 202 valence electrons. The summed E-state index contributed by atoms with van der Waals surface area (Å²) in [6, 6.07) is 17.1. The maximum atomic E-state index is 15.4. The Kier molecular flexibility index (Phi) is 10.5. The third kappa shape index (κ3) is 6.26. The first-order valence-electron chi connectivity index (χ1n) is 14.1. The van der Waals surface area contributed by atoms with Gasteiger partial charge in [0.15, 0.2) is 0 Å². The third-order valence-corrected chi connectivity index (χ3v) is 10.3. The second-order valence-electron chi connectivity index (χ2n) is 10.6. The van der Waals surface area contributed by atoms with Crippen LogP contribution in [0.2, 0.25) is 0 Å². The Bertz CT molecular complexity index is 1240. The quantitative estimate of drug-likeness (QED) is 0.164. The van der Waals surface area contributed by atoms with Crippen LogP contribution in [0.5, 0.6) is 0 Å². The molecule has 3 rings (SSSR count). The summed E-state index contributed by atoms with van der Waals surface area (Å²) in [4.78, 5) is 28.9. The molecule has 3 aromatic carbocycles. The number of carbonyl (C=O) groups excluding carboxylic acids is 2. The first-order chi connectivity index (χ1) is 18.2. The minimum atomic E-state index is -4.22. The number of unbranched alkanes of at least 4 members (excludes halogenated alkanes) is 4. The summed E-state index contributed by atoms with van der Waals surface area (Å²) in [5, 5.41) is 0.424. The highest BCUT2D eigenvalue weighted by Gasteiger charge is 2.45. The minimum absolute atomic E-state index is 0.405. The lowest BCUT2D eigenvalue weighted by molar-refractivity contribution is 0.104. The van der Waals surface area contributed by atoms with Gasteiger partial charge in [-0.3, -0.25) is 9.59 Å². The van der Waals surface area contributed by atoms with Crippen LogP contribution in [0.3, 0.4) is 0 Å². The molecule has 4 heteroatoms. The zero-order chi connectivity index (χ0) is 27.9. The molecular formula is C34H43O3P. The molecular weight excluding hydrogens is 487 g/mol. The van der Waals surface area contributed by atoms with Gasteiger partial charge in [-0.2, -0.15) is 0 Å². The largest absolute Gasteiger partial charge is 0.302 e. The fourth-order valence-corrected chi connectivity index (χ4v) is 8.20. The standard InChI is InChI=1S/C34H43O3P/c1-7-9-11-19-28-21-22-30(29(23-28)20-12-10-8-2)38(37,33(35)31-24(3)15-13-16-25(31)4)34(36)32-26(5)17-14-18-27(32)6/h13-18,21-23H,7-12,19-20H2,1-6H3. The molecule has 0 saturated carbocycles. The van der Waals surface area contributed by atoms with Crippen LogP contribution in [-0.4, -0.2) is 11.0 Å². The fraction of sp³-hybridized carbons (Fsp3) is 0.412. The predicted molar refractivity (Wildman–Crippen MR) is 161 cm³/mol. The van der Waals surface area contributed by atoms with Gasteiger partial charge in [-0.05, 0) is 86.8 Å². The summed E-state index contributed by atoms with van der Waals surface area (Å²) in [7, 11) is -4.22. The monoisotopic (exact) mass is 530 g/mol. The van der Waals surface area contributed by atoms with Crippen LogP contribution >= 0.6 is 7.14 Å². The zero-order valence-electron chi connectivity index (χ0n) is 24.0. The first kappa shape index (κ1) is 29.8. The van der Waals surface area contributed by atoms with Gasteiger partial charge in [0.1, 0.15) is 0 Å². The molecule has 0 aliphatic heterocycles. The van der Waals surface area contributed by atoms with Crippen molar-refractivity contribution in [3.05, 3.63) is 99.1 Å². The van der Waals surface area contributed by atoms with Crippen LogP contribution in [0.15, 0.2) is 54.6 Å². The van der Waals surface area contributed by atoms with E-state index in [1.54, 1.807) is 0 Å². The van der Waals surface area contributed by atoms with E-state index in [2.05, 4.69) is 19.9 Å². The number of hydrogen-bond donors (Lipinski definition) is 0. The van der Waals surface area contributed by atoms with Gasteiger partial charge in [0.25, 0.3) is 0 Å². The summed E-state index contributed by atoms with van der Waals surface area (Å²) in [5.41, 5.74) is 4.76. The molecule has 0 aromatic heterocycles. The normalized spacial score (nSPS) is 11.5. The van der Waals surface area contributed by atoms with Crippen LogP contribution in [0, 0.1) is 27.7 Å². The van der Waals surface area contributed by atoms with E-state index < -0.39 is 18.2 Å². The summed E-state index contributed by atoms with van der Waals surface area (Å²) < 4.78 is 15.4. The smallest absolute Gasteiger partial charge is 0.248 e. The highest BCUT2D eigenvalue weighted by molar-refractivity contribution is 8.01. The first-order valence-corrected chi connectivity index (χ1v) is 15.8. The molecule has 0 N–H and O–H groups in total. The molecule has 0 spiro atoms. The van der Waals surface area contributed by atoms with Gasteiger partial charge in [-0.25, -0.2) is 0 Å². The van der Waals surface area contributed by atoms with Gasteiger partial charge < -0.3 is 4.57 Å².